The number of nitrogens with zero attached hydrogens (tertiary/aromatic N) is 3. The molecule has 0 bridgehead atoms. The van der Waals surface area contributed by atoms with Crippen LogP contribution in [-0.4, -0.2) is 9.53 Å². The molecule has 4 nitrogen and oxygen atoms in total. The molecule has 0 radical (unpaired) electrons. The van der Waals surface area contributed by atoms with Crippen molar-refractivity contribution in [2.75, 3.05) is 0 Å². The molecule has 0 fully saturated rings. The first-order valence-electron chi connectivity index (χ1n) is 5.02. The van der Waals surface area contributed by atoms with E-state index in [0.717, 1.165) is 11.3 Å². The predicted molar refractivity (Wildman–Crippen MR) is 70.2 cm³/mol. The summed E-state index contributed by atoms with van der Waals surface area (Å²) < 4.78 is 10.00. The maximum absolute atomic E-state index is 5.90. The second-order valence-corrected chi connectivity index (χ2v) is 6.86. The summed E-state index contributed by atoms with van der Waals surface area (Å²) in [7, 11) is 2.73. The summed E-state index contributed by atoms with van der Waals surface area (Å²) >= 11 is 5.90. The van der Waals surface area contributed by atoms with Crippen LogP contribution in [0, 0.1) is 6.92 Å². The number of hydrogen-bond acceptors (Lipinski definition) is 6. The van der Waals surface area contributed by atoms with Crippen molar-refractivity contribution < 1.29 is 4.52 Å². The van der Waals surface area contributed by atoms with Gasteiger partial charge in [-0.05, 0) is 17.3 Å². The number of halogens is 1. The van der Waals surface area contributed by atoms with Crippen LogP contribution in [0.1, 0.15) is 32.1 Å². The molecule has 0 N–H and O–H groups in total. The molecule has 2 aromatic rings. The maximum atomic E-state index is 5.90. The molecule has 0 aromatic carbocycles. The van der Waals surface area contributed by atoms with E-state index in [1.165, 1.54) is 20.9 Å². The lowest BCUT2D eigenvalue weighted by Crippen LogP contribution is -2.11. The third-order valence-electron chi connectivity index (χ3n) is 2.20. The smallest absolute Gasteiger partial charge is 0.199 e. The largest absolute Gasteiger partial charge is 0.358 e. The standard InChI is InChI=1S/C10H12ClN3OS2/c1-5-6(10(2,3)4)15-13-8(5)12-9-7(11)14-17-16-9/h1-4H3. The van der Waals surface area contributed by atoms with Crippen LogP contribution in [0.15, 0.2) is 9.52 Å². The SMILES string of the molecule is Cc1c(N=c2ssnc2Cl)noc1C(C)(C)C. The van der Waals surface area contributed by atoms with E-state index in [0.29, 0.717) is 15.6 Å². The highest BCUT2D eigenvalue weighted by molar-refractivity contribution is 7.66. The van der Waals surface area contributed by atoms with Crippen LogP contribution in [-0.2, 0) is 5.41 Å². The van der Waals surface area contributed by atoms with Crippen molar-refractivity contribution in [2.24, 2.45) is 4.99 Å². The molecular weight excluding hydrogens is 278 g/mol. The highest BCUT2D eigenvalue weighted by Gasteiger charge is 2.24. The van der Waals surface area contributed by atoms with Gasteiger partial charge in [-0.25, -0.2) is 4.99 Å². The maximum Gasteiger partial charge on any atom is 0.199 e. The average molecular weight is 290 g/mol. The molecule has 0 unspecified atom stereocenters. The van der Waals surface area contributed by atoms with Gasteiger partial charge in [-0.3, -0.25) is 0 Å². The van der Waals surface area contributed by atoms with E-state index in [1.807, 2.05) is 6.92 Å². The molecule has 0 aliphatic heterocycles. The van der Waals surface area contributed by atoms with Crippen LogP contribution in [0.3, 0.4) is 0 Å². The summed E-state index contributed by atoms with van der Waals surface area (Å²) in [5, 5.41) is 4.40. The van der Waals surface area contributed by atoms with E-state index in [9.17, 15) is 0 Å². The first-order valence-corrected chi connectivity index (χ1v) is 7.51. The van der Waals surface area contributed by atoms with E-state index in [1.54, 1.807) is 0 Å². The fourth-order valence-electron chi connectivity index (χ4n) is 1.45. The summed E-state index contributed by atoms with van der Waals surface area (Å²) in [4.78, 5) is 4.36. The Morgan fingerprint density at radius 2 is 2.06 bits per heavy atom. The van der Waals surface area contributed by atoms with Gasteiger partial charge in [-0.15, -0.1) is 0 Å². The summed E-state index contributed by atoms with van der Waals surface area (Å²) in [6.07, 6.45) is 0. The zero-order valence-electron chi connectivity index (χ0n) is 9.94. The lowest BCUT2D eigenvalue weighted by Gasteiger charge is -2.14. The molecule has 0 spiro atoms. The van der Waals surface area contributed by atoms with Crippen LogP contribution < -0.4 is 4.67 Å². The number of hydrogen-bond donors (Lipinski definition) is 0. The Morgan fingerprint density at radius 1 is 1.35 bits per heavy atom. The van der Waals surface area contributed by atoms with Crippen molar-refractivity contribution in [3.05, 3.63) is 21.1 Å². The van der Waals surface area contributed by atoms with Gasteiger partial charge in [-0.1, -0.05) is 37.5 Å². The summed E-state index contributed by atoms with van der Waals surface area (Å²) in [6.45, 7) is 8.18. The fourth-order valence-corrected chi connectivity index (χ4v) is 3.43. The second-order valence-electron chi connectivity index (χ2n) is 4.67. The van der Waals surface area contributed by atoms with Crippen LogP contribution in [0.4, 0.5) is 5.82 Å². The van der Waals surface area contributed by atoms with Gasteiger partial charge in [0.15, 0.2) is 15.6 Å². The summed E-state index contributed by atoms with van der Waals surface area (Å²) in [5.41, 5.74) is 0.872. The van der Waals surface area contributed by atoms with Gasteiger partial charge in [0.25, 0.3) is 0 Å². The molecule has 2 rings (SSSR count). The highest BCUT2D eigenvalue weighted by atomic mass is 35.5. The van der Waals surface area contributed by atoms with Gasteiger partial charge < -0.3 is 4.52 Å². The van der Waals surface area contributed by atoms with Crippen molar-refractivity contribution in [1.82, 2.24) is 9.53 Å². The lowest BCUT2D eigenvalue weighted by molar-refractivity contribution is 0.328. The lowest BCUT2D eigenvalue weighted by atomic mass is 9.91. The molecule has 0 saturated carbocycles. The van der Waals surface area contributed by atoms with Crippen molar-refractivity contribution in [3.63, 3.8) is 0 Å². The molecular formula is C10H12ClN3OS2. The van der Waals surface area contributed by atoms with Crippen molar-refractivity contribution in [3.8, 4) is 0 Å². The number of rotatable bonds is 1. The molecule has 0 saturated heterocycles. The summed E-state index contributed by atoms with van der Waals surface area (Å²) in [5.74, 6) is 1.42. The van der Waals surface area contributed by atoms with E-state index >= 15 is 0 Å². The number of aromatic nitrogens is 2. The Kier molecular flexibility index (Phi) is 3.38. The van der Waals surface area contributed by atoms with Crippen molar-refractivity contribution >= 4 is 38.3 Å². The second kappa shape index (κ2) is 4.51. The van der Waals surface area contributed by atoms with E-state index < -0.39 is 0 Å². The summed E-state index contributed by atoms with van der Waals surface area (Å²) in [6, 6.07) is 0. The Morgan fingerprint density at radius 3 is 2.53 bits per heavy atom. The molecule has 0 aliphatic carbocycles. The molecule has 92 valence electrons. The first kappa shape index (κ1) is 12.7. The topological polar surface area (TPSA) is 51.3 Å². The predicted octanol–water partition coefficient (Wildman–Crippen LogP) is 3.68. The van der Waals surface area contributed by atoms with Gasteiger partial charge in [0, 0.05) is 21.5 Å². The van der Waals surface area contributed by atoms with Crippen LogP contribution in [0.2, 0.25) is 5.15 Å². The van der Waals surface area contributed by atoms with Gasteiger partial charge in [0.1, 0.15) is 5.76 Å². The minimum Gasteiger partial charge on any atom is -0.358 e. The Hall–Kier alpha value is -0.720. The highest BCUT2D eigenvalue weighted by Crippen LogP contribution is 2.30. The van der Waals surface area contributed by atoms with Crippen LogP contribution in [0.25, 0.3) is 0 Å². The van der Waals surface area contributed by atoms with Crippen molar-refractivity contribution in [1.29, 1.82) is 0 Å². The van der Waals surface area contributed by atoms with E-state index in [2.05, 4.69) is 35.3 Å². The minimum atomic E-state index is -0.0784. The molecule has 2 heterocycles. The zero-order chi connectivity index (χ0) is 12.6. The molecule has 0 amide bonds. The molecule has 2 aromatic heterocycles. The van der Waals surface area contributed by atoms with Crippen LogP contribution in [0.5, 0.6) is 0 Å². The normalized spacial score (nSPS) is 13.4. The molecule has 0 aliphatic rings. The van der Waals surface area contributed by atoms with Crippen molar-refractivity contribution in [2.45, 2.75) is 33.1 Å². The minimum absolute atomic E-state index is 0.0784. The Labute approximate surface area is 112 Å². The van der Waals surface area contributed by atoms with Crippen LogP contribution >= 0.6 is 32.5 Å². The Bertz CT molecular complexity index is 591. The van der Waals surface area contributed by atoms with E-state index in [4.69, 9.17) is 16.1 Å². The molecule has 7 heteroatoms. The fraction of sp³-hybridized carbons (Fsp3) is 0.500. The zero-order valence-corrected chi connectivity index (χ0v) is 12.3. The quantitative estimate of drug-likeness (QED) is 0.753. The van der Waals surface area contributed by atoms with Gasteiger partial charge in [0.05, 0.1) is 0 Å². The molecule has 0 atom stereocenters. The monoisotopic (exact) mass is 289 g/mol. The third kappa shape index (κ3) is 2.59. The average Bonchev–Trinajstić information content (AvgIpc) is 2.75. The van der Waals surface area contributed by atoms with Gasteiger partial charge in [0.2, 0.25) is 0 Å². The first-order chi connectivity index (χ1) is 7.89. The van der Waals surface area contributed by atoms with E-state index in [-0.39, 0.29) is 5.41 Å². The third-order valence-corrected chi connectivity index (χ3v) is 4.37. The Balaban J connectivity index is 2.50. The molecule has 17 heavy (non-hydrogen) atoms. The van der Waals surface area contributed by atoms with Gasteiger partial charge in [-0.2, -0.15) is 4.37 Å². The van der Waals surface area contributed by atoms with Gasteiger partial charge >= 0.3 is 0 Å².